The SMILES string of the molecule is COc1ccc(CNC(=O)C2CCN(C(=O)c3ccoc3)CC2)cc1OC. The zero-order valence-corrected chi connectivity index (χ0v) is 15.6. The summed E-state index contributed by atoms with van der Waals surface area (Å²) in [6.07, 6.45) is 4.24. The van der Waals surface area contributed by atoms with Gasteiger partial charge in [0.25, 0.3) is 5.91 Å². The molecule has 7 nitrogen and oxygen atoms in total. The molecule has 0 aliphatic carbocycles. The Bertz CT molecular complexity index is 780. The molecule has 2 aromatic rings. The van der Waals surface area contributed by atoms with Gasteiger partial charge in [0.15, 0.2) is 11.5 Å². The first-order valence-corrected chi connectivity index (χ1v) is 8.92. The van der Waals surface area contributed by atoms with Gasteiger partial charge in [0, 0.05) is 25.6 Å². The fourth-order valence-electron chi connectivity index (χ4n) is 3.24. The van der Waals surface area contributed by atoms with Crippen molar-refractivity contribution in [3.05, 3.63) is 47.9 Å². The lowest BCUT2D eigenvalue weighted by molar-refractivity contribution is -0.126. The van der Waals surface area contributed by atoms with Gasteiger partial charge in [-0.3, -0.25) is 9.59 Å². The van der Waals surface area contributed by atoms with Crippen LogP contribution >= 0.6 is 0 Å². The van der Waals surface area contributed by atoms with Crippen molar-refractivity contribution in [2.24, 2.45) is 5.92 Å². The minimum Gasteiger partial charge on any atom is -0.493 e. The largest absolute Gasteiger partial charge is 0.493 e. The molecule has 0 atom stereocenters. The topological polar surface area (TPSA) is 81.0 Å². The highest BCUT2D eigenvalue weighted by Crippen LogP contribution is 2.27. The Morgan fingerprint density at radius 2 is 1.89 bits per heavy atom. The van der Waals surface area contributed by atoms with E-state index in [4.69, 9.17) is 13.9 Å². The van der Waals surface area contributed by atoms with Gasteiger partial charge in [-0.1, -0.05) is 6.07 Å². The van der Waals surface area contributed by atoms with Crippen molar-refractivity contribution >= 4 is 11.8 Å². The Morgan fingerprint density at radius 3 is 2.52 bits per heavy atom. The van der Waals surface area contributed by atoms with Crippen LogP contribution in [0.25, 0.3) is 0 Å². The van der Waals surface area contributed by atoms with Crippen molar-refractivity contribution in [3.63, 3.8) is 0 Å². The average molecular weight is 372 g/mol. The number of amides is 2. The molecule has 0 spiro atoms. The van der Waals surface area contributed by atoms with Gasteiger partial charge in [0.2, 0.25) is 5.91 Å². The number of rotatable bonds is 6. The van der Waals surface area contributed by atoms with E-state index < -0.39 is 0 Å². The molecule has 1 aliphatic heterocycles. The number of piperidine rings is 1. The van der Waals surface area contributed by atoms with Gasteiger partial charge in [0.1, 0.15) is 6.26 Å². The maximum atomic E-state index is 12.5. The van der Waals surface area contributed by atoms with Crippen LogP contribution in [0.1, 0.15) is 28.8 Å². The molecular formula is C20H24N2O5. The Morgan fingerprint density at radius 1 is 1.15 bits per heavy atom. The number of methoxy groups -OCH3 is 2. The third-order valence-electron chi connectivity index (χ3n) is 4.84. The van der Waals surface area contributed by atoms with E-state index in [1.54, 1.807) is 25.2 Å². The second kappa shape index (κ2) is 8.62. The molecule has 144 valence electrons. The van der Waals surface area contributed by atoms with Crippen molar-refractivity contribution in [2.45, 2.75) is 19.4 Å². The third kappa shape index (κ3) is 4.42. The van der Waals surface area contributed by atoms with Gasteiger partial charge in [-0.2, -0.15) is 0 Å². The molecule has 1 N–H and O–H groups in total. The van der Waals surface area contributed by atoms with Crippen LogP contribution in [-0.4, -0.2) is 44.0 Å². The van der Waals surface area contributed by atoms with Crippen LogP contribution in [0.15, 0.2) is 41.2 Å². The van der Waals surface area contributed by atoms with Crippen LogP contribution in [-0.2, 0) is 11.3 Å². The molecule has 7 heteroatoms. The van der Waals surface area contributed by atoms with E-state index >= 15 is 0 Å². The summed E-state index contributed by atoms with van der Waals surface area (Å²) >= 11 is 0. The fraction of sp³-hybridized carbons (Fsp3) is 0.400. The molecule has 1 aromatic carbocycles. The first kappa shape index (κ1) is 18.8. The number of hydrogen-bond donors (Lipinski definition) is 1. The molecular weight excluding hydrogens is 348 g/mol. The first-order valence-electron chi connectivity index (χ1n) is 8.92. The molecule has 27 heavy (non-hydrogen) atoms. The fourth-order valence-corrected chi connectivity index (χ4v) is 3.24. The second-order valence-corrected chi connectivity index (χ2v) is 6.49. The first-order chi connectivity index (χ1) is 13.1. The number of nitrogens with one attached hydrogen (secondary N) is 1. The minimum absolute atomic E-state index is 0.0141. The molecule has 1 fully saturated rings. The van der Waals surface area contributed by atoms with E-state index in [1.165, 1.54) is 12.5 Å². The van der Waals surface area contributed by atoms with Crippen LogP contribution < -0.4 is 14.8 Å². The summed E-state index contributed by atoms with van der Waals surface area (Å²) in [7, 11) is 3.17. The summed E-state index contributed by atoms with van der Waals surface area (Å²) in [5.74, 6) is 1.17. The van der Waals surface area contributed by atoms with Crippen LogP contribution in [0.4, 0.5) is 0 Å². The quantitative estimate of drug-likeness (QED) is 0.842. The lowest BCUT2D eigenvalue weighted by Gasteiger charge is -2.31. The van der Waals surface area contributed by atoms with Gasteiger partial charge < -0.3 is 24.1 Å². The predicted octanol–water partition coefficient (Wildman–Crippen LogP) is 2.47. The number of carbonyl (C=O) groups is 2. The van der Waals surface area contributed by atoms with Crippen molar-refractivity contribution in [3.8, 4) is 11.5 Å². The lowest BCUT2D eigenvalue weighted by atomic mass is 9.95. The highest BCUT2D eigenvalue weighted by molar-refractivity contribution is 5.94. The van der Waals surface area contributed by atoms with Crippen molar-refractivity contribution in [1.29, 1.82) is 0 Å². The van der Waals surface area contributed by atoms with Crippen LogP contribution in [0.5, 0.6) is 11.5 Å². The van der Waals surface area contributed by atoms with Crippen LogP contribution in [0.2, 0.25) is 0 Å². The van der Waals surface area contributed by atoms with E-state index in [9.17, 15) is 9.59 Å². The second-order valence-electron chi connectivity index (χ2n) is 6.49. The number of ether oxygens (including phenoxy) is 2. The Balaban J connectivity index is 1.49. The zero-order valence-electron chi connectivity index (χ0n) is 15.6. The smallest absolute Gasteiger partial charge is 0.257 e. The summed E-state index contributed by atoms with van der Waals surface area (Å²) in [4.78, 5) is 26.5. The van der Waals surface area contributed by atoms with Crippen LogP contribution in [0, 0.1) is 5.92 Å². The summed E-state index contributed by atoms with van der Waals surface area (Å²) in [5, 5.41) is 2.98. The number of benzene rings is 1. The molecule has 0 unspecified atom stereocenters. The van der Waals surface area contributed by atoms with E-state index in [2.05, 4.69) is 5.32 Å². The van der Waals surface area contributed by atoms with Gasteiger partial charge in [-0.25, -0.2) is 0 Å². The minimum atomic E-state index is -0.0847. The molecule has 0 bridgehead atoms. The molecule has 1 saturated heterocycles. The molecule has 1 aliphatic rings. The molecule has 2 heterocycles. The normalized spacial score (nSPS) is 14.7. The molecule has 0 saturated carbocycles. The van der Waals surface area contributed by atoms with E-state index in [1.807, 2.05) is 18.2 Å². The predicted molar refractivity (Wildman–Crippen MR) is 98.7 cm³/mol. The van der Waals surface area contributed by atoms with E-state index in [0.29, 0.717) is 49.5 Å². The number of nitrogens with zero attached hydrogens (tertiary/aromatic N) is 1. The Hall–Kier alpha value is -2.96. The standard InChI is InChI=1S/C20H24N2O5/c1-25-17-4-3-14(11-18(17)26-2)12-21-19(23)15-5-8-22(9-6-15)20(24)16-7-10-27-13-16/h3-4,7,10-11,13,15H,5-6,8-9,12H2,1-2H3,(H,21,23). The summed E-state index contributed by atoms with van der Waals surface area (Å²) in [5.41, 5.74) is 1.49. The molecule has 0 radical (unpaired) electrons. The zero-order chi connectivity index (χ0) is 19.2. The van der Waals surface area contributed by atoms with Gasteiger partial charge in [-0.05, 0) is 36.6 Å². The third-order valence-corrected chi connectivity index (χ3v) is 4.84. The maximum Gasteiger partial charge on any atom is 0.257 e. The van der Waals surface area contributed by atoms with Gasteiger partial charge in [-0.15, -0.1) is 0 Å². The number of hydrogen-bond acceptors (Lipinski definition) is 5. The van der Waals surface area contributed by atoms with Crippen LogP contribution in [0.3, 0.4) is 0 Å². The highest BCUT2D eigenvalue weighted by atomic mass is 16.5. The van der Waals surface area contributed by atoms with Gasteiger partial charge >= 0.3 is 0 Å². The summed E-state index contributed by atoms with van der Waals surface area (Å²) in [6.45, 7) is 1.56. The Labute approximate surface area is 158 Å². The molecule has 1 aromatic heterocycles. The lowest BCUT2D eigenvalue weighted by Crippen LogP contribution is -2.42. The molecule has 2 amide bonds. The number of furan rings is 1. The maximum absolute atomic E-state index is 12.5. The summed E-state index contributed by atoms with van der Waals surface area (Å²) < 4.78 is 15.5. The Kier molecular flexibility index (Phi) is 6.01. The van der Waals surface area contributed by atoms with Crippen molar-refractivity contribution in [2.75, 3.05) is 27.3 Å². The van der Waals surface area contributed by atoms with Crippen molar-refractivity contribution < 1.29 is 23.5 Å². The molecule has 3 rings (SSSR count). The average Bonchev–Trinajstić information content (AvgIpc) is 3.26. The van der Waals surface area contributed by atoms with E-state index in [0.717, 1.165) is 5.56 Å². The van der Waals surface area contributed by atoms with E-state index in [-0.39, 0.29) is 17.7 Å². The summed E-state index contributed by atoms with van der Waals surface area (Å²) in [6, 6.07) is 7.23. The number of likely N-dealkylation sites (tertiary alicyclic amines) is 1. The monoisotopic (exact) mass is 372 g/mol. The van der Waals surface area contributed by atoms with Crippen molar-refractivity contribution in [1.82, 2.24) is 10.2 Å². The van der Waals surface area contributed by atoms with Gasteiger partial charge in [0.05, 0.1) is 26.0 Å². The number of carbonyl (C=O) groups excluding carboxylic acids is 2. The highest BCUT2D eigenvalue weighted by Gasteiger charge is 2.28.